The number of hydrogen-bond acceptors (Lipinski definition) is 8. The largest absolute Gasteiger partial charge is 0.464 e. The highest BCUT2D eigenvalue weighted by molar-refractivity contribution is 6.11. The molecule has 2 aliphatic rings. The van der Waals surface area contributed by atoms with E-state index in [2.05, 4.69) is 0 Å². The van der Waals surface area contributed by atoms with Crippen LogP contribution < -0.4 is 5.01 Å². The van der Waals surface area contributed by atoms with E-state index in [0.29, 0.717) is 5.56 Å². The number of benzene rings is 1. The highest BCUT2D eigenvalue weighted by Gasteiger charge is 2.65. The standard InChI is InChI=1S/C20H24N2O6/c1-5-26-17(23)13-12-22-20(19(25)28-7-3,16(13)18(24)27-6-2)14-10-8-9-11-15(14)21(22)4/h8-11H,5-7,12H2,1-4H3. The second kappa shape index (κ2) is 7.63. The summed E-state index contributed by atoms with van der Waals surface area (Å²) in [5, 5.41) is 3.42. The van der Waals surface area contributed by atoms with Crippen molar-refractivity contribution in [1.82, 2.24) is 5.01 Å². The maximum absolute atomic E-state index is 13.3. The van der Waals surface area contributed by atoms with Gasteiger partial charge >= 0.3 is 17.9 Å². The number of ether oxygens (including phenoxy) is 3. The van der Waals surface area contributed by atoms with Gasteiger partial charge in [-0.05, 0) is 26.8 Å². The van der Waals surface area contributed by atoms with Crippen LogP contribution in [0.15, 0.2) is 35.4 Å². The third-order valence-electron chi connectivity index (χ3n) is 4.94. The summed E-state index contributed by atoms with van der Waals surface area (Å²) in [6.45, 7) is 5.45. The topological polar surface area (TPSA) is 85.4 Å². The lowest BCUT2D eigenvalue weighted by atomic mass is 9.82. The number of carbonyl (C=O) groups excluding carboxylic acids is 3. The molecule has 0 saturated heterocycles. The summed E-state index contributed by atoms with van der Waals surface area (Å²) in [5.74, 6) is -2.00. The van der Waals surface area contributed by atoms with Crippen molar-refractivity contribution < 1.29 is 28.6 Å². The molecular weight excluding hydrogens is 364 g/mol. The first-order valence-corrected chi connectivity index (χ1v) is 9.30. The van der Waals surface area contributed by atoms with Gasteiger partial charge in [-0.15, -0.1) is 0 Å². The molecule has 0 amide bonds. The Morgan fingerprint density at radius 2 is 1.57 bits per heavy atom. The Morgan fingerprint density at radius 1 is 0.964 bits per heavy atom. The van der Waals surface area contributed by atoms with Gasteiger partial charge in [0.05, 0.1) is 43.2 Å². The fraction of sp³-hybridized carbons (Fsp3) is 0.450. The first kappa shape index (κ1) is 19.9. The Bertz CT molecular complexity index is 849. The number of hydrogen-bond donors (Lipinski definition) is 0. The molecule has 8 heteroatoms. The Kier molecular flexibility index (Phi) is 5.42. The molecule has 1 aromatic carbocycles. The van der Waals surface area contributed by atoms with Gasteiger partial charge in [-0.2, -0.15) is 5.01 Å². The summed E-state index contributed by atoms with van der Waals surface area (Å²) in [5.41, 5.74) is -0.202. The van der Waals surface area contributed by atoms with Gasteiger partial charge < -0.3 is 19.2 Å². The molecule has 0 aromatic heterocycles. The van der Waals surface area contributed by atoms with Gasteiger partial charge in [-0.1, -0.05) is 18.2 Å². The minimum absolute atomic E-state index is 0.0248. The third kappa shape index (κ3) is 2.67. The van der Waals surface area contributed by atoms with Gasteiger partial charge in [-0.25, -0.2) is 14.4 Å². The van der Waals surface area contributed by atoms with Crippen LogP contribution in [0.5, 0.6) is 0 Å². The van der Waals surface area contributed by atoms with E-state index in [9.17, 15) is 14.4 Å². The molecule has 1 unspecified atom stereocenters. The molecule has 8 nitrogen and oxygen atoms in total. The van der Waals surface area contributed by atoms with Gasteiger partial charge in [-0.3, -0.25) is 0 Å². The second-order valence-electron chi connectivity index (χ2n) is 6.32. The lowest BCUT2D eigenvalue weighted by molar-refractivity contribution is -0.157. The molecule has 2 heterocycles. The molecule has 0 spiro atoms. The lowest BCUT2D eigenvalue weighted by Gasteiger charge is -2.34. The van der Waals surface area contributed by atoms with Gasteiger partial charge in [0.15, 0.2) is 5.54 Å². The van der Waals surface area contributed by atoms with Gasteiger partial charge in [0, 0.05) is 12.6 Å². The van der Waals surface area contributed by atoms with Crippen molar-refractivity contribution in [3.63, 3.8) is 0 Å². The molecule has 3 rings (SSSR count). The summed E-state index contributed by atoms with van der Waals surface area (Å²) in [6.07, 6.45) is 0. The maximum atomic E-state index is 13.3. The molecule has 0 N–H and O–H groups in total. The zero-order valence-corrected chi connectivity index (χ0v) is 16.5. The highest BCUT2D eigenvalue weighted by atomic mass is 16.5. The van der Waals surface area contributed by atoms with E-state index in [1.165, 1.54) is 0 Å². The van der Waals surface area contributed by atoms with Crippen molar-refractivity contribution >= 4 is 23.6 Å². The quantitative estimate of drug-likeness (QED) is 0.536. The third-order valence-corrected chi connectivity index (χ3v) is 4.94. The van der Waals surface area contributed by atoms with Crippen LogP contribution in [-0.2, 0) is 34.1 Å². The van der Waals surface area contributed by atoms with E-state index < -0.39 is 23.4 Å². The van der Waals surface area contributed by atoms with Gasteiger partial charge in [0.25, 0.3) is 0 Å². The number of nitrogens with zero attached hydrogens (tertiary/aromatic N) is 2. The molecule has 150 valence electrons. The molecule has 0 fully saturated rings. The molecule has 1 atom stereocenters. The molecular formula is C20H24N2O6. The average molecular weight is 388 g/mol. The molecule has 0 aliphatic carbocycles. The SMILES string of the molecule is CCOC(=O)C1=C(C(=O)OCC)C2(C(=O)OCC)c3ccccc3N(C)N2C1. The lowest BCUT2D eigenvalue weighted by Crippen LogP contribution is -2.53. The predicted molar refractivity (Wildman–Crippen MR) is 100 cm³/mol. The number of rotatable bonds is 6. The molecule has 0 saturated carbocycles. The highest BCUT2D eigenvalue weighted by Crippen LogP contribution is 2.53. The van der Waals surface area contributed by atoms with Crippen LogP contribution in [0.1, 0.15) is 26.3 Å². The first-order chi connectivity index (χ1) is 13.4. The Hall–Kier alpha value is -2.87. The minimum atomic E-state index is -1.59. The van der Waals surface area contributed by atoms with Gasteiger partial charge in [0.1, 0.15) is 0 Å². The van der Waals surface area contributed by atoms with Crippen LogP contribution in [-0.4, -0.2) is 56.3 Å². The van der Waals surface area contributed by atoms with Crippen LogP contribution in [0.3, 0.4) is 0 Å². The van der Waals surface area contributed by atoms with E-state index in [0.717, 1.165) is 5.69 Å². The number of carbonyl (C=O) groups is 3. The summed E-state index contributed by atoms with van der Waals surface area (Å²) in [4.78, 5) is 39.0. The first-order valence-electron chi connectivity index (χ1n) is 9.30. The van der Waals surface area contributed by atoms with Crippen LogP contribution in [0, 0.1) is 0 Å². The number of anilines is 1. The van der Waals surface area contributed by atoms with Crippen LogP contribution >= 0.6 is 0 Å². The van der Waals surface area contributed by atoms with Crippen LogP contribution in [0.25, 0.3) is 0 Å². The summed E-state index contributed by atoms with van der Waals surface area (Å²) >= 11 is 0. The maximum Gasteiger partial charge on any atom is 0.338 e. The van der Waals surface area contributed by atoms with Crippen molar-refractivity contribution in [2.45, 2.75) is 26.3 Å². The van der Waals surface area contributed by atoms with Crippen molar-refractivity contribution in [2.75, 3.05) is 38.4 Å². The molecule has 0 radical (unpaired) electrons. The van der Waals surface area contributed by atoms with Crippen LogP contribution in [0.2, 0.25) is 0 Å². The van der Waals surface area contributed by atoms with E-state index >= 15 is 0 Å². The fourth-order valence-electron chi connectivity index (χ4n) is 3.90. The van der Waals surface area contributed by atoms with Crippen molar-refractivity contribution in [2.24, 2.45) is 0 Å². The zero-order chi connectivity index (χ0) is 20.5. The van der Waals surface area contributed by atoms with E-state index in [4.69, 9.17) is 14.2 Å². The number of esters is 3. The molecule has 28 heavy (non-hydrogen) atoms. The second-order valence-corrected chi connectivity index (χ2v) is 6.32. The number of fused-ring (bicyclic) bond motifs is 3. The van der Waals surface area contributed by atoms with Crippen molar-refractivity contribution in [3.05, 3.63) is 41.0 Å². The molecule has 1 aromatic rings. The summed E-state index contributed by atoms with van der Waals surface area (Å²) in [7, 11) is 1.77. The average Bonchev–Trinajstić information content (AvgIpc) is 3.15. The minimum Gasteiger partial charge on any atom is -0.464 e. The Morgan fingerprint density at radius 3 is 2.21 bits per heavy atom. The van der Waals surface area contributed by atoms with Gasteiger partial charge in [0.2, 0.25) is 0 Å². The van der Waals surface area contributed by atoms with Crippen LogP contribution in [0.4, 0.5) is 5.69 Å². The Balaban J connectivity index is 2.31. The van der Waals surface area contributed by atoms with E-state index in [1.807, 2.05) is 12.1 Å². The summed E-state index contributed by atoms with van der Waals surface area (Å²) in [6, 6.07) is 7.23. The number of hydrazine groups is 1. The smallest absolute Gasteiger partial charge is 0.338 e. The monoisotopic (exact) mass is 388 g/mol. The zero-order valence-electron chi connectivity index (χ0n) is 16.5. The van der Waals surface area contributed by atoms with Crippen molar-refractivity contribution in [1.29, 1.82) is 0 Å². The number of para-hydroxylation sites is 1. The molecule has 0 bridgehead atoms. The predicted octanol–water partition coefficient (Wildman–Crippen LogP) is 1.55. The Labute approximate surface area is 163 Å². The van der Waals surface area contributed by atoms with E-state index in [1.54, 1.807) is 50.0 Å². The fourth-order valence-corrected chi connectivity index (χ4v) is 3.90. The summed E-state index contributed by atoms with van der Waals surface area (Å²) < 4.78 is 15.8. The normalized spacial score (nSPS) is 20.6. The van der Waals surface area contributed by atoms with E-state index in [-0.39, 0.29) is 37.5 Å². The van der Waals surface area contributed by atoms with Crippen molar-refractivity contribution in [3.8, 4) is 0 Å². The molecule has 2 aliphatic heterocycles.